The lowest BCUT2D eigenvalue weighted by atomic mass is 9.83. The highest BCUT2D eigenvalue weighted by atomic mass is 16.3. The second kappa shape index (κ2) is 6.02. The number of nitrogens with one attached hydrogen (secondary N) is 2. The molecule has 1 heterocycles. The van der Waals surface area contributed by atoms with E-state index in [9.17, 15) is 4.79 Å². The van der Waals surface area contributed by atoms with Gasteiger partial charge in [0.15, 0.2) is 0 Å². The average molecular weight is 256 g/mol. The number of amides is 1. The number of aliphatic hydroxyl groups excluding tert-OH is 1. The first-order valence-electron chi connectivity index (χ1n) is 6.96. The Hall–Kier alpha value is -0.610. The van der Waals surface area contributed by atoms with Crippen LogP contribution in [0.1, 0.15) is 53.4 Å². The number of piperidine rings is 1. The van der Waals surface area contributed by atoms with Crippen molar-refractivity contribution in [1.82, 2.24) is 10.6 Å². The van der Waals surface area contributed by atoms with Gasteiger partial charge in [-0.1, -0.05) is 20.8 Å². The van der Waals surface area contributed by atoms with E-state index in [1.165, 1.54) is 0 Å². The van der Waals surface area contributed by atoms with Gasteiger partial charge in [-0.05, 0) is 44.6 Å². The van der Waals surface area contributed by atoms with Gasteiger partial charge in [0.05, 0.1) is 5.54 Å². The number of carbonyl (C=O) groups excluding carboxylic acids is 1. The highest BCUT2D eigenvalue weighted by Gasteiger charge is 2.37. The summed E-state index contributed by atoms with van der Waals surface area (Å²) in [4.78, 5) is 12.4. The summed E-state index contributed by atoms with van der Waals surface area (Å²) in [6, 6.07) is 0.00977. The van der Waals surface area contributed by atoms with Gasteiger partial charge in [0.2, 0.25) is 5.91 Å². The van der Waals surface area contributed by atoms with Crippen molar-refractivity contribution in [3.8, 4) is 0 Å². The molecule has 0 aromatic carbocycles. The summed E-state index contributed by atoms with van der Waals surface area (Å²) in [5.74, 6) is 0.0653. The molecule has 2 unspecified atom stereocenters. The summed E-state index contributed by atoms with van der Waals surface area (Å²) in [6.07, 6.45) is 3.72. The quantitative estimate of drug-likeness (QED) is 0.713. The van der Waals surface area contributed by atoms with E-state index >= 15 is 0 Å². The van der Waals surface area contributed by atoms with Gasteiger partial charge in [-0.3, -0.25) is 4.79 Å². The topological polar surface area (TPSA) is 61.4 Å². The summed E-state index contributed by atoms with van der Waals surface area (Å²) in [6.45, 7) is 9.25. The summed E-state index contributed by atoms with van der Waals surface area (Å²) < 4.78 is 0. The first-order chi connectivity index (χ1) is 8.29. The van der Waals surface area contributed by atoms with E-state index in [0.717, 1.165) is 25.8 Å². The van der Waals surface area contributed by atoms with Crippen molar-refractivity contribution < 1.29 is 9.90 Å². The van der Waals surface area contributed by atoms with Crippen molar-refractivity contribution in [3.63, 3.8) is 0 Å². The van der Waals surface area contributed by atoms with Crippen LogP contribution in [0.4, 0.5) is 0 Å². The van der Waals surface area contributed by atoms with Crippen LogP contribution in [0, 0.1) is 5.41 Å². The summed E-state index contributed by atoms with van der Waals surface area (Å²) in [5.41, 5.74) is -0.485. The van der Waals surface area contributed by atoms with Crippen LogP contribution in [0.25, 0.3) is 0 Å². The Morgan fingerprint density at radius 2 is 2.11 bits per heavy atom. The van der Waals surface area contributed by atoms with Crippen molar-refractivity contribution in [3.05, 3.63) is 0 Å². The monoisotopic (exact) mass is 256 g/mol. The van der Waals surface area contributed by atoms with Crippen LogP contribution >= 0.6 is 0 Å². The van der Waals surface area contributed by atoms with E-state index in [-0.39, 0.29) is 24.0 Å². The Bertz CT molecular complexity index is 278. The molecule has 0 aromatic heterocycles. The van der Waals surface area contributed by atoms with Gasteiger partial charge < -0.3 is 15.7 Å². The van der Waals surface area contributed by atoms with Gasteiger partial charge in [0, 0.05) is 12.6 Å². The maximum absolute atomic E-state index is 12.4. The van der Waals surface area contributed by atoms with Crippen molar-refractivity contribution in [2.45, 2.75) is 65.0 Å². The van der Waals surface area contributed by atoms with E-state index in [1.807, 2.05) is 6.92 Å². The van der Waals surface area contributed by atoms with Gasteiger partial charge in [-0.2, -0.15) is 0 Å². The lowest BCUT2D eigenvalue weighted by molar-refractivity contribution is -0.129. The standard InChI is InChI=1S/C14H28N2O2/c1-13(2,3)11(7-10-17)16-12(18)14(4)8-5-6-9-15-14/h11,15,17H,5-10H2,1-4H3,(H,16,18). The number of hydrogen-bond donors (Lipinski definition) is 3. The number of carbonyl (C=O) groups is 1. The third-order valence-corrected chi connectivity index (χ3v) is 3.89. The molecule has 0 bridgehead atoms. The van der Waals surface area contributed by atoms with Crippen LogP contribution in [-0.2, 0) is 4.79 Å². The minimum atomic E-state index is -0.447. The molecule has 4 nitrogen and oxygen atoms in total. The first kappa shape index (κ1) is 15.4. The van der Waals surface area contributed by atoms with Crippen molar-refractivity contribution in [2.24, 2.45) is 5.41 Å². The molecular weight excluding hydrogens is 228 g/mol. The molecule has 1 amide bonds. The first-order valence-corrected chi connectivity index (χ1v) is 6.96. The predicted molar refractivity (Wildman–Crippen MR) is 73.3 cm³/mol. The molecular formula is C14H28N2O2. The SMILES string of the molecule is CC1(C(=O)NC(CCO)C(C)(C)C)CCCCN1. The van der Waals surface area contributed by atoms with Gasteiger partial charge >= 0.3 is 0 Å². The highest BCUT2D eigenvalue weighted by Crippen LogP contribution is 2.24. The molecule has 0 saturated carbocycles. The van der Waals surface area contributed by atoms with Gasteiger partial charge in [0.25, 0.3) is 0 Å². The Labute approximate surface area is 111 Å². The van der Waals surface area contributed by atoms with E-state index in [1.54, 1.807) is 0 Å². The molecule has 1 saturated heterocycles. The molecule has 3 N–H and O–H groups in total. The van der Waals surface area contributed by atoms with Crippen molar-refractivity contribution in [2.75, 3.05) is 13.2 Å². The molecule has 18 heavy (non-hydrogen) atoms. The molecule has 4 heteroatoms. The minimum absolute atomic E-state index is 0.00977. The van der Waals surface area contributed by atoms with E-state index < -0.39 is 5.54 Å². The maximum Gasteiger partial charge on any atom is 0.240 e. The lowest BCUT2D eigenvalue weighted by Crippen LogP contribution is -2.60. The summed E-state index contributed by atoms with van der Waals surface area (Å²) in [7, 11) is 0. The summed E-state index contributed by atoms with van der Waals surface area (Å²) >= 11 is 0. The molecule has 0 aromatic rings. The van der Waals surface area contributed by atoms with Crippen LogP contribution < -0.4 is 10.6 Å². The minimum Gasteiger partial charge on any atom is -0.396 e. The fourth-order valence-electron chi connectivity index (χ4n) is 2.42. The summed E-state index contributed by atoms with van der Waals surface area (Å²) in [5, 5.41) is 15.5. The molecule has 1 aliphatic rings. The van der Waals surface area contributed by atoms with Gasteiger partial charge in [-0.15, -0.1) is 0 Å². The normalized spacial score (nSPS) is 26.7. The van der Waals surface area contributed by atoms with Crippen molar-refractivity contribution in [1.29, 1.82) is 0 Å². The van der Waals surface area contributed by atoms with Crippen LogP contribution in [0.5, 0.6) is 0 Å². The Balaban J connectivity index is 2.65. The van der Waals surface area contributed by atoms with Crippen LogP contribution in [0.2, 0.25) is 0 Å². The Morgan fingerprint density at radius 1 is 1.44 bits per heavy atom. The van der Waals surface area contributed by atoms with E-state index in [4.69, 9.17) is 5.11 Å². The largest absolute Gasteiger partial charge is 0.396 e. The maximum atomic E-state index is 12.4. The van der Waals surface area contributed by atoms with Crippen LogP contribution in [0.3, 0.4) is 0 Å². The third kappa shape index (κ3) is 3.95. The van der Waals surface area contributed by atoms with Crippen molar-refractivity contribution >= 4 is 5.91 Å². The fraction of sp³-hybridized carbons (Fsp3) is 0.929. The lowest BCUT2D eigenvalue weighted by Gasteiger charge is -2.38. The second-order valence-electron chi connectivity index (χ2n) is 6.62. The molecule has 1 rings (SSSR count). The number of aliphatic hydroxyl groups is 1. The molecule has 1 aliphatic heterocycles. The molecule has 1 fully saturated rings. The zero-order chi connectivity index (χ0) is 13.8. The van der Waals surface area contributed by atoms with Gasteiger partial charge in [-0.25, -0.2) is 0 Å². The highest BCUT2D eigenvalue weighted by molar-refractivity contribution is 5.86. The van der Waals surface area contributed by atoms with E-state index in [0.29, 0.717) is 6.42 Å². The average Bonchev–Trinajstić information content (AvgIpc) is 2.28. The van der Waals surface area contributed by atoms with Crippen LogP contribution in [-0.4, -0.2) is 35.7 Å². The zero-order valence-electron chi connectivity index (χ0n) is 12.2. The molecule has 0 aliphatic carbocycles. The molecule has 0 spiro atoms. The second-order valence-corrected chi connectivity index (χ2v) is 6.62. The number of hydrogen-bond acceptors (Lipinski definition) is 3. The predicted octanol–water partition coefficient (Wildman–Crippen LogP) is 1.43. The number of rotatable bonds is 4. The smallest absolute Gasteiger partial charge is 0.240 e. The Kier molecular flexibility index (Phi) is 5.17. The molecule has 0 radical (unpaired) electrons. The van der Waals surface area contributed by atoms with E-state index in [2.05, 4.69) is 31.4 Å². The molecule has 106 valence electrons. The third-order valence-electron chi connectivity index (χ3n) is 3.89. The molecule has 2 atom stereocenters. The Morgan fingerprint density at radius 3 is 2.56 bits per heavy atom. The van der Waals surface area contributed by atoms with Gasteiger partial charge in [0.1, 0.15) is 0 Å². The fourth-order valence-corrected chi connectivity index (χ4v) is 2.42. The zero-order valence-corrected chi connectivity index (χ0v) is 12.2. The van der Waals surface area contributed by atoms with Crippen LogP contribution in [0.15, 0.2) is 0 Å².